The van der Waals surface area contributed by atoms with Crippen LogP contribution in [0.1, 0.15) is 45.2 Å². The van der Waals surface area contributed by atoms with Gasteiger partial charge in [-0.3, -0.25) is 13.9 Å². The van der Waals surface area contributed by atoms with E-state index < -0.39 is 34.1 Å². The molecule has 0 saturated carbocycles. The number of sulfonamides is 1. The Hall–Kier alpha value is -3.85. The molecule has 0 aliphatic heterocycles. The number of aryl methyl sites for hydroxylation is 1. The lowest BCUT2D eigenvalue weighted by Gasteiger charge is -2.34. The fourth-order valence-electron chi connectivity index (χ4n) is 4.46. The maximum Gasteiger partial charge on any atom is 0.264 e. The number of carbonyl (C=O) groups excluding carboxylic acids is 2. The molecule has 41 heavy (non-hydrogen) atoms. The molecule has 0 aliphatic rings. The fraction of sp³-hybridized carbons (Fsp3) is 0.375. The number of carbonyl (C=O) groups is 2. The van der Waals surface area contributed by atoms with Crippen molar-refractivity contribution >= 4 is 27.5 Å². The molecular weight excluding hydrogens is 538 g/mol. The highest BCUT2D eigenvalue weighted by Gasteiger charge is 2.34. The fourth-order valence-corrected chi connectivity index (χ4v) is 5.88. The summed E-state index contributed by atoms with van der Waals surface area (Å²) in [5.74, 6) is -0.190. The SMILES string of the molecule is CC[C@H](C(=O)NC(C)(C)C)N(CCc1ccccc1)C(=O)CN(c1ccc(OC)cc1)S(=O)(=O)c1ccc(C)cc1. The zero-order chi connectivity index (χ0) is 30.2. The number of ether oxygens (including phenoxy) is 1. The third-order valence-corrected chi connectivity index (χ3v) is 8.40. The Labute approximate surface area is 244 Å². The Bertz CT molecular complexity index is 1400. The van der Waals surface area contributed by atoms with Gasteiger partial charge < -0.3 is 15.0 Å². The molecule has 9 heteroatoms. The maximum absolute atomic E-state index is 14.1. The van der Waals surface area contributed by atoms with Gasteiger partial charge in [0.2, 0.25) is 11.8 Å². The molecule has 8 nitrogen and oxygen atoms in total. The van der Waals surface area contributed by atoms with Crippen molar-refractivity contribution in [3.05, 3.63) is 90.0 Å². The Balaban J connectivity index is 2.02. The van der Waals surface area contributed by atoms with Crippen molar-refractivity contribution in [2.75, 3.05) is 24.5 Å². The summed E-state index contributed by atoms with van der Waals surface area (Å²) in [7, 11) is -2.60. The monoisotopic (exact) mass is 579 g/mol. The Morgan fingerprint density at radius 3 is 2.07 bits per heavy atom. The molecule has 0 bridgehead atoms. The first-order chi connectivity index (χ1) is 19.4. The third kappa shape index (κ3) is 8.57. The lowest BCUT2D eigenvalue weighted by Crippen LogP contribution is -2.56. The second-order valence-corrected chi connectivity index (χ2v) is 12.9. The number of nitrogens with zero attached hydrogens (tertiary/aromatic N) is 2. The van der Waals surface area contributed by atoms with E-state index in [2.05, 4.69) is 5.32 Å². The van der Waals surface area contributed by atoms with Crippen LogP contribution < -0.4 is 14.4 Å². The summed E-state index contributed by atoms with van der Waals surface area (Å²) in [6.07, 6.45) is 0.884. The molecule has 0 aromatic heterocycles. The number of rotatable bonds is 12. The smallest absolute Gasteiger partial charge is 0.264 e. The molecule has 0 radical (unpaired) electrons. The van der Waals surface area contributed by atoms with Gasteiger partial charge in [0, 0.05) is 12.1 Å². The average molecular weight is 580 g/mol. The molecule has 0 spiro atoms. The van der Waals surface area contributed by atoms with Crippen LogP contribution in [0.25, 0.3) is 0 Å². The minimum absolute atomic E-state index is 0.0695. The van der Waals surface area contributed by atoms with E-state index in [1.54, 1.807) is 36.4 Å². The summed E-state index contributed by atoms with van der Waals surface area (Å²) >= 11 is 0. The molecule has 1 atom stereocenters. The van der Waals surface area contributed by atoms with Gasteiger partial charge in [-0.25, -0.2) is 8.42 Å². The minimum Gasteiger partial charge on any atom is -0.497 e. The summed E-state index contributed by atoms with van der Waals surface area (Å²) in [6.45, 7) is 9.14. The molecule has 0 saturated heterocycles. The maximum atomic E-state index is 14.1. The predicted molar refractivity (Wildman–Crippen MR) is 163 cm³/mol. The van der Waals surface area contributed by atoms with Crippen LogP contribution in [0.3, 0.4) is 0 Å². The van der Waals surface area contributed by atoms with Gasteiger partial charge in [0.15, 0.2) is 0 Å². The lowest BCUT2D eigenvalue weighted by atomic mass is 10.1. The van der Waals surface area contributed by atoms with Gasteiger partial charge in [-0.2, -0.15) is 0 Å². The zero-order valence-electron chi connectivity index (χ0n) is 24.8. The molecule has 3 aromatic carbocycles. The van der Waals surface area contributed by atoms with E-state index in [1.807, 2.05) is 65.0 Å². The molecule has 0 unspecified atom stereocenters. The van der Waals surface area contributed by atoms with Crippen molar-refractivity contribution < 1.29 is 22.7 Å². The van der Waals surface area contributed by atoms with Gasteiger partial charge in [0.05, 0.1) is 17.7 Å². The molecule has 0 fully saturated rings. The van der Waals surface area contributed by atoms with E-state index in [0.717, 1.165) is 15.4 Å². The highest BCUT2D eigenvalue weighted by atomic mass is 32.2. The summed E-state index contributed by atoms with van der Waals surface area (Å²) in [4.78, 5) is 29.0. The third-order valence-electron chi connectivity index (χ3n) is 6.62. The second kappa shape index (κ2) is 13.7. The first-order valence-corrected chi connectivity index (χ1v) is 15.2. The number of amides is 2. The summed E-state index contributed by atoms with van der Waals surface area (Å²) in [6, 6.07) is 21.9. The first kappa shape index (κ1) is 31.7. The Morgan fingerprint density at radius 2 is 1.54 bits per heavy atom. The number of hydrogen-bond acceptors (Lipinski definition) is 5. The van der Waals surface area contributed by atoms with Crippen LogP contribution in [0.2, 0.25) is 0 Å². The van der Waals surface area contributed by atoms with Crippen LogP contribution in [0.4, 0.5) is 5.69 Å². The van der Waals surface area contributed by atoms with Crippen molar-refractivity contribution in [1.29, 1.82) is 0 Å². The standard InChI is InChI=1S/C32H41N3O5S/c1-7-29(31(37)33-32(3,4)5)34(22-21-25-11-9-8-10-12-25)30(36)23-35(26-15-17-27(40-6)18-16-26)41(38,39)28-19-13-24(2)14-20-28/h8-20,29H,7,21-23H2,1-6H3,(H,33,37)/t29-/m1/s1. The van der Waals surface area contributed by atoms with E-state index in [1.165, 1.54) is 24.1 Å². The van der Waals surface area contributed by atoms with Gasteiger partial charge in [0.1, 0.15) is 18.3 Å². The highest BCUT2D eigenvalue weighted by Crippen LogP contribution is 2.27. The summed E-state index contributed by atoms with van der Waals surface area (Å²) in [5, 5.41) is 2.98. The summed E-state index contributed by atoms with van der Waals surface area (Å²) < 4.78 is 34.2. The van der Waals surface area contributed by atoms with Crippen LogP contribution in [0.15, 0.2) is 83.8 Å². The van der Waals surface area contributed by atoms with Crippen molar-refractivity contribution in [3.8, 4) is 5.75 Å². The normalized spacial score (nSPS) is 12.3. The number of hydrogen-bond donors (Lipinski definition) is 1. The van der Waals surface area contributed by atoms with Crippen LogP contribution in [-0.4, -0.2) is 56.9 Å². The van der Waals surface area contributed by atoms with E-state index >= 15 is 0 Å². The number of nitrogens with one attached hydrogen (secondary N) is 1. The van der Waals surface area contributed by atoms with Gasteiger partial charge in [0.25, 0.3) is 10.0 Å². The Morgan fingerprint density at radius 1 is 0.927 bits per heavy atom. The molecule has 0 aliphatic carbocycles. The molecule has 220 valence electrons. The molecule has 2 amide bonds. The molecule has 3 aromatic rings. The average Bonchev–Trinajstić information content (AvgIpc) is 2.93. The molecular formula is C32H41N3O5S. The summed E-state index contributed by atoms with van der Waals surface area (Å²) in [5.41, 5.74) is 1.74. The van der Waals surface area contributed by atoms with Gasteiger partial charge in [-0.05, 0) is 82.5 Å². The van der Waals surface area contributed by atoms with Crippen molar-refractivity contribution in [1.82, 2.24) is 10.2 Å². The van der Waals surface area contributed by atoms with Gasteiger partial charge in [-0.1, -0.05) is 55.0 Å². The second-order valence-electron chi connectivity index (χ2n) is 11.0. The first-order valence-electron chi connectivity index (χ1n) is 13.7. The quantitative estimate of drug-likeness (QED) is 0.327. The lowest BCUT2D eigenvalue weighted by molar-refractivity contribution is -0.140. The zero-order valence-corrected chi connectivity index (χ0v) is 25.6. The van der Waals surface area contributed by atoms with E-state index in [0.29, 0.717) is 24.3 Å². The van der Waals surface area contributed by atoms with Crippen LogP contribution >= 0.6 is 0 Å². The molecule has 1 N–H and O–H groups in total. The largest absolute Gasteiger partial charge is 0.497 e. The van der Waals surface area contributed by atoms with E-state index in [-0.39, 0.29) is 17.3 Å². The van der Waals surface area contributed by atoms with E-state index in [9.17, 15) is 18.0 Å². The predicted octanol–water partition coefficient (Wildman–Crippen LogP) is 4.96. The van der Waals surface area contributed by atoms with Crippen LogP contribution in [-0.2, 0) is 26.0 Å². The van der Waals surface area contributed by atoms with Gasteiger partial charge in [-0.15, -0.1) is 0 Å². The highest BCUT2D eigenvalue weighted by molar-refractivity contribution is 7.92. The van der Waals surface area contributed by atoms with Crippen molar-refractivity contribution in [2.45, 2.75) is 63.9 Å². The number of anilines is 1. The van der Waals surface area contributed by atoms with Crippen molar-refractivity contribution in [3.63, 3.8) is 0 Å². The van der Waals surface area contributed by atoms with Crippen molar-refractivity contribution in [2.24, 2.45) is 0 Å². The van der Waals surface area contributed by atoms with Gasteiger partial charge >= 0.3 is 0 Å². The van der Waals surface area contributed by atoms with Crippen LogP contribution in [0, 0.1) is 6.92 Å². The number of methoxy groups -OCH3 is 1. The number of benzene rings is 3. The minimum atomic E-state index is -4.12. The van der Waals surface area contributed by atoms with Crippen LogP contribution in [0.5, 0.6) is 5.75 Å². The molecule has 0 heterocycles. The topological polar surface area (TPSA) is 96.0 Å². The Kier molecular flexibility index (Phi) is 10.6. The molecule has 3 rings (SSSR count). The van der Waals surface area contributed by atoms with E-state index in [4.69, 9.17) is 4.74 Å².